The van der Waals surface area contributed by atoms with Crippen LogP contribution in [0.3, 0.4) is 0 Å². The number of aromatic nitrogens is 1. The van der Waals surface area contributed by atoms with Crippen molar-refractivity contribution in [1.29, 1.82) is 0 Å². The summed E-state index contributed by atoms with van der Waals surface area (Å²) in [5, 5.41) is 0.894. The van der Waals surface area contributed by atoms with Crippen molar-refractivity contribution in [3.8, 4) is 0 Å². The molecular formula is C19H20N2O2S. The van der Waals surface area contributed by atoms with Gasteiger partial charge in [0, 0.05) is 13.6 Å². The lowest BCUT2D eigenvalue weighted by atomic mass is 10.1. The Morgan fingerprint density at radius 3 is 2.67 bits per heavy atom. The van der Waals surface area contributed by atoms with E-state index >= 15 is 0 Å². The van der Waals surface area contributed by atoms with E-state index in [0.29, 0.717) is 13.2 Å². The highest BCUT2D eigenvalue weighted by molar-refractivity contribution is 7.18. The zero-order valence-electron chi connectivity index (χ0n) is 13.9. The Kier molecular flexibility index (Phi) is 5.23. The summed E-state index contributed by atoms with van der Waals surface area (Å²) in [6.45, 7) is 3.07. The molecule has 5 heteroatoms. The van der Waals surface area contributed by atoms with Gasteiger partial charge < -0.3 is 9.64 Å². The van der Waals surface area contributed by atoms with Crippen LogP contribution in [0.2, 0.25) is 0 Å². The van der Waals surface area contributed by atoms with Gasteiger partial charge >= 0.3 is 0 Å². The summed E-state index contributed by atoms with van der Waals surface area (Å²) in [7, 11) is 1.79. The van der Waals surface area contributed by atoms with Crippen molar-refractivity contribution in [3.63, 3.8) is 0 Å². The van der Waals surface area contributed by atoms with Gasteiger partial charge in [-0.3, -0.25) is 4.79 Å². The Bertz CT molecular complexity index is 794. The molecule has 0 saturated heterocycles. The van der Waals surface area contributed by atoms with E-state index in [1.54, 1.807) is 23.3 Å². The smallest absolute Gasteiger partial charge is 0.248 e. The number of carbonyl (C=O) groups is 1. The van der Waals surface area contributed by atoms with Crippen LogP contribution in [0, 0.1) is 6.92 Å². The van der Waals surface area contributed by atoms with Crippen LogP contribution in [0.4, 0.5) is 0 Å². The lowest BCUT2D eigenvalue weighted by molar-refractivity contribution is -0.135. The van der Waals surface area contributed by atoms with E-state index in [-0.39, 0.29) is 12.5 Å². The number of rotatable bonds is 6. The highest BCUT2D eigenvalue weighted by atomic mass is 32.1. The second-order valence-corrected chi connectivity index (χ2v) is 6.92. The molecule has 124 valence electrons. The summed E-state index contributed by atoms with van der Waals surface area (Å²) in [6, 6.07) is 16.2. The standard InChI is InChI=1S/C19H20N2O2S/c1-14-7-9-15(10-8-14)11-21(2)19(22)13-23-12-18-20-16-5-3-4-6-17(16)24-18/h3-10H,11-13H2,1-2H3. The predicted octanol–water partition coefficient (Wildman–Crippen LogP) is 3.78. The number of likely N-dealkylation sites (N-methyl/N-ethyl adjacent to an activating group) is 1. The van der Waals surface area contributed by atoms with Gasteiger partial charge in [-0.15, -0.1) is 11.3 Å². The number of hydrogen-bond acceptors (Lipinski definition) is 4. The Labute approximate surface area is 145 Å². The number of ether oxygens (including phenoxy) is 1. The average Bonchev–Trinajstić information content (AvgIpc) is 2.99. The number of thiazole rings is 1. The van der Waals surface area contributed by atoms with Crippen molar-refractivity contribution in [1.82, 2.24) is 9.88 Å². The molecule has 4 nitrogen and oxygen atoms in total. The van der Waals surface area contributed by atoms with Gasteiger partial charge in [0.2, 0.25) is 5.91 Å². The van der Waals surface area contributed by atoms with Crippen LogP contribution in [-0.2, 0) is 22.7 Å². The van der Waals surface area contributed by atoms with Crippen LogP contribution in [-0.4, -0.2) is 29.4 Å². The number of para-hydroxylation sites is 1. The summed E-state index contributed by atoms with van der Waals surface area (Å²) in [5.74, 6) is -0.0308. The molecule has 0 aliphatic rings. The van der Waals surface area contributed by atoms with Crippen LogP contribution >= 0.6 is 11.3 Å². The fourth-order valence-electron chi connectivity index (χ4n) is 2.37. The van der Waals surface area contributed by atoms with Gasteiger partial charge in [0.15, 0.2) is 0 Å². The Hall–Kier alpha value is -2.24. The molecule has 24 heavy (non-hydrogen) atoms. The molecule has 0 fully saturated rings. The van der Waals surface area contributed by atoms with Crippen LogP contribution < -0.4 is 0 Å². The topological polar surface area (TPSA) is 42.4 Å². The van der Waals surface area contributed by atoms with E-state index in [2.05, 4.69) is 24.0 Å². The number of hydrogen-bond donors (Lipinski definition) is 0. The van der Waals surface area contributed by atoms with Crippen molar-refractivity contribution >= 4 is 27.5 Å². The van der Waals surface area contributed by atoms with Gasteiger partial charge in [-0.2, -0.15) is 0 Å². The first-order valence-corrected chi connectivity index (χ1v) is 8.65. The third kappa shape index (κ3) is 4.19. The highest BCUT2D eigenvalue weighted by Crippen LogP contribution is 2.21. The molecule has 0 bridgehead atoms. The zero-order valence-corrected chi connectivity index (χ0v) is 14.7. The Morgan fingerprint density at radius 2 is 1.92 bits per heavy atom. The second-order valence-electron chi connectivity index (χ2n) is 5.80. The van der Waals surface area contributed by atoms with E-state index < -0.39 is 0 Å². The fraction of sp³-hybridized carbons (Fsp3) is 0.263. The number of carbonyl (C=O) groups excluding carboxylic acids is 1. The van der Waals surface area contributed by atoms with E-state index in [9.17, 15) is 4.79 Å². The Morgan fingerprint density at radius 1 is 1.17 bits per heavy atom. The van der Waals surface area contributed by atoms with Gasteiger partial charge in [0.1, 0.15) is 11.6 Å². The molecule has 0 radical (unpaired) electrons. The maximum Gasteiger partial charge on any atom is 0.248 e. The summed E-state index contributed by atoms with van der Waals surface area (Å²) in [5.41, 5.74) is 3.30. The third-order valence-corrected chi connectivity index (χ3v) is 4.77. The van der Waals surface area contributed by atoms with Crippen molar-refractivity contribution < 1.29 is 9.53 Å². The lowest BCUT2D eigenvalue weighted by Crippen LogP contribution is -2.29. The maximum absolute atomic E-state index is 12.2. The van der Waals surface area contributed by atoms with E-state index in [1.165, 1.54) is 5.56 Å². The van der Waals surface area contributed by atoms with Crippen molar-refractivity contribution in [2.75, 3.05) is 13.7 Å². The van der Waals surface area contributed by atoms with E-state index in [4.69, 9.17) is 4.74 Å². The first-order valence-electron chi connectivity index (χ1n) is 7.83. The summed E-state index contributed by atoms with van der Waals surface area (Å²) >= 11 is 1.60. The normalized spacial score (nSPS) is 10.9. The number of amides is 1. The number of aryl methyl sites for hydroxylation is 1. The van der Waals surface area contributed by atoms with Gasteiger partial charge in [0.25, 0.3) is 0 Å². The van der Waals surface area contributed by atoms with Crippen molar-refractivity contribution in [2.24, 2.45) is 0 Å². The molecule has 3 aromatic rings. The molecule has 1 aromatic heterocycles. The monoisotopic (exact) mass is 340 g/mol. The predicted molar refractivity (Wildman–Crippen MR) is 96.9 cm³/mol. The third-order valence-electron chi connectivity index (χ3n) is 3.76. The molecule has 0 spiro atoms. The van der Waals surface area contributed by atoms with E-state index in [1.807, 2.05) is 36.4 Å². The molecular weight excluding hydrogens is 320 g/mol. The first-order chi connectivity index (χ1) is 11.6. The lowest BCUT2D eigenvalue weighted by Gasteiger charge is -2.17. The molecule has 0 aliphatic heterocycles. The molecule has 0 atom stereocenters. The van der Waals surface area contributed by atoms with Crippen molar-refractivity contribution in [3.05, 3.63) is 64.7 Å². The minimum atomic E-state index is -0.0308. The second kappa shape index (κ2) is 7.55. The molecule has 0 N–H and O–H groups in total. The minimum Gasteiger partial charge on any atom is -0.364 e. The Balaban J connectivity index is 1.48. The quantitative estimate of drug-likeness (QED) is 0.686. The molecule has 1 heterocycles. The maximum atomic E-state index is 12.2. The molecule has 2 aromatic carbocycles. The van der Waals surface area contributed by atoms with Gasteiger partial charge in [-0.05, 0) is 24.6 Å². The molecule has 0 saturated carbocycles. The molecule has 0 aliphatic carbocycles. The zero-order chi connectivity index (χ0) is 16.9. The van der Waals surface area contributed by atoms with E-state index in [0.717, 1.165) is 20.8 Å². The summed E-state index contributed by atoms with van der Waals surface area (Å²) < 4.78 is 6.68. The number of nitrogens with zero attached hydrogens (tertiary/aromatic N) is 2. The molecule has 0 unspecified atom stereocenters. The number of benzene rings is 2. The fourth-order valence-corrected chi connectivity index (χ4v) is 3.28. The average molecular weight is 340 g/mol. The summed E-state index contributed by atoms with van der Waals surface area (Å²) in [6.07, 6.45) is 0. The van der Waals surface area contributed by atoms with Gasteiger partial charge in [-0.1, -0.05) is 42.0 Å². The van der Waals surface area contributed by atoms with Gasteiger partial charge in [0.05, 0.1) is 16.8 Å². The van der Waals surface area contributed by atoms with Crippen LogP contribution in [0.5, 0.6) is 0 Å². The highest BCUT2D eigenvalue weighted by Gasteiger charge is 2.10. The number of fused-ring (bicyclic) bond motifs is 1. The van der Waals surface area contributed by atoms with Crippen LogP contribution in [0.1, 0.15) is 16.1 Å². The van der Waals surface area contributed by atoms with Crippen LogP contribution in [0.25, 0.3) is 10.2 Å². The van der Waals surface area contributed by atoms with Crippen LogP contribution in [0.15, 0.2) is 48.5 Å². The SMILES string of the molecule is Cc1ccc(CN(C)C(=O)COCc2nc3ccccc3s2)cc1. The summed E-state index contributed by atoms with van der Waals surface area (Å²) in [4.78, 5) is 18.3. The minimum absolute atomic E-state index is 0.0308. The molecule has 3 rings (SSSR count). The van der Waals surface area contributed by atoms with Gasteiger partial charge in [-0.25, -0.2) is 4.98 Å². The molecule has 1 amide bonds. The first kappa shape index (κ1) is 16.6. The largest absolute Gasteiger partial charge is 0.364 e. The van der Waals surface area contributed by atoms with Crippen molar-refractivity contribution in [2.45, 2.75) is 20.1 Å².